The Morgan fingerprint density at radius 1 is 0.952 bits per heavy atom. The van der Waals surface area contributed by atoms with Gasteiger partial charge in [0.05, 0.1) is 18.0 Å². The van der Waals surface area contributed by atoms with Gasteiger partial charge >= 0.3 is 0 Å². The van der Waals surface area contributed by atoms with Crippen LogP contribution in [0.5, 0.6) is 0 Å². The number of nitrogens with zero attached hydrogens (tertiary/aromatic N) is 2. The van der Waals surface area contributed by atoms with Crippen LogP contribution in [0.15, 0.2) is 71.8 Å². The number of rotatable bonds is 5. The maximum absolute atomic E-state index is 9.03. The molecule has 0 aliphatic heterocycles. The van der Waals surface area contributed by atoms with Gasteiger partial charge in [0, 0.05) is 16.8 Å². The zero-order valence-electron chi connectivity index (χ0n) is 11.5. The molecule has 0 saturated heterocycles. The monoisotopic (exact) mass is 296 g/mol. The van der Waals surface area contributed by atoms with Gasteiger partial charge in [0.1, 0.15) is 0 Å². The fraction of sp³-hybridized carbons (Fsp3) is 0.118. The first-order valence-electron chi connectivity index (χ1n) is 6.78. The van der Waals surface area contributed by atoms with Crippen molar-refractivity contribution in [2.45, 2.75) is 17.3 Å². The molecule has 0 unspecified atom stereocenters. The van der Waals surface area contributed by atoms with Crippen LogP contribution in [0.25, 0.3) is 5.69 Å². The summed E-state index contributed by atoms with van der Waals surface area (Å²) in [6.45, 7) is 0.0897. The quantitative estimate of drug-likeness (QED) is 0.730. The molecule has 3 rings (SSSR count). The Balaban J connectivity index is 1.64. The minimum absolute atomic E-state index is 0.0897. The third-order valence-corrected chi connectivity index (χ3v) is 4.20. The van der Waals surface area contributed by atoms with Crippen molar-refractivity contribution in [1.82, 2.24) is 9.78 Å². The van der Waals surface area contributed by atoms with Crippen LogP contribution in [0.4, 0.5) is 0 Å². The Kier molecular flexibility index (Phi) is 4.38. The van der Waals surface area contributed by atoms with Crippen LogP contribution in [0.2, 0.25) is 0 Å². The van der Waals surface area contributed by atoms with Crippen molar-refractivity contribution in [3.8, 4) is 5.69 Å². The molecular weight excluding hydrogens is 280 g/mol. The fourth-order valence-electron chi connectivity index (χ4n) is 2.01. The van der Waals surface area contributed by atoms with Crippen molar-refractivity contribution in [1.29, 1.82) is 0 Å². The molecule has 106 valence electrons. The Bertz CT molecular complexity index is 692. The van der Waals surface area contributed by atoms with Crippen molar-refractivity contribution < 1.29 is 5.11 Å². The van der Waals surface area contributed by atoms with Gasteiger partial charge in [-0.3, -0.25) is 0 Å². The van der Waals surface area contributed by atoms with E-state index in [0.717, 1.165) is 22.7 Å². The van der Waals surface area contributed by atoms with Crippen molar-refractivity contribution >= 4 is 11.8 Å². The number of thioether (sulfide) groups is 1. The number of aliphatic hydroxyl groups is 1. The maximum Gasteiger partial charge on any atom is 0.0731 e. The first-order chi connectivity index (χ1) is 10.3. The second-order valence-corrected chi connectivity index (χ2v) is 5.73. The highest BCUT2D eigenvalue weighted by Crippen LogP contribution is 2.22. The maximum atomic E-state index is 9.03. The van der Waals surface area contributed by atoms with Crippen molar-refractivity contribution in [3.05, 3.63) is 78.1 Å². The third kappa shape index (κ3) is 3.54. The van der Waals surface area contributed by atoms with E-state index in [1.54, 1.807) is 11.8 Å². The van der Waals surface area contributed by atoms with Crippen LogP contribution in [0.1, 0.15) is 11.3 Å². The Morgan fingerprint density at radius 2 is 1.71 bits per heavy atom. The van der Waals surface area contributed by atoms with Gasteiger partial charge in [-0.2, -0.15) is 5.10 Å². The number of hydrogen-bond donors (Lipinski definition) is 1. The summed E-state index contributed by atoms with van der Waals surface area (Å²) < 4.78 is 1.89. The van der Waals surface area contributed by atoms with Crippen LogP contribution in [0, 0.1) is 0 Å². The predicted molar refractivity (Wildman–Crippen MR) is 85.5 cm³/mol. The fourth-order valence-corrected chi connectivity index (χ4v) is 2.81. The Hall–Kier alpha value is -2.04. The smallest absolute Gasteiger partial charge is 0.0731 e. The van der Waals surface area contributed by atoms with Gasteiger partial charge in [-0.15, -0.1) is 11.8 Å². The van der Waals surface area contributed by atoms with Gasteiger partial charge in [-0.1, -0.05) is 30.3 Å². The topological polar surface area (TPSA) is 38.0 Å². The lowest BCUT2D eigenvalue weighted by Crippen LogP contribution is -1.95. The minimum Gasteiger partial charge on any atom is -0.392 e. The standard InChI is InChI=1S/C17H16N2OS/c20-12-14-6-8-17(9-7-14)21-13-15-10-11-19(18-15)16-4-2-1-3-5-16/h1-11,20H,12-13H2. The lowest BCUT2D eigenvalue weighted by atomic mass is 10.2. The summed E-state index contributed by atoms with van der Waals surface area (Å²) in [5, 5.41) is 13.6. The average Bonchev–Trinajstić information content (AvgIpc) is 3.03. The summed E-state index contributed by atoms with van der Waals surface area (Å²) in [6, 6.07) is 20.1. The third-order valence-electron chi connectivity index (χ3n) is 3.16. The summed E-state index contributed by atoms with van der Waals surface area (Å²) in [5.41, 5.74) is 3.06. The summed E-state index contributed by atoms with van der Waals surface area (Å²) >= 11 is 1.74. The second-order valence-electron chi connectivity index (χ2n) is 4.68. The van der Waals surface area contributed by atoms with Gasteiger partial charge in [-0.05, 0) is 35.9 Å². The van der Waals surface area contributed by atoms with Crippen molar-refractivity contribution in [2.75, 3.05) is 0 Å². The van der Waals surface area contributed by atoms with Crippen LogP contribution in [-0.2, 0) is 12.4 Å². The zero-order chi connectivity index (χ0) is 14.5. The molecule has 3 nitrogen and oxygen atoms in total. The normalized spacial score (nSPS) is 10.7. The molecular formula is C17H16N2OS. The summed E-state index contributed by atoms with van der Waals surface area (Å²) in [4.78, 5) is 1.18. The molecule has 0 aliphatic carbocycles. The van der Waals surface area contributed by atoms with E-state index in [2.05, 4.69) is 5.10 Å². The van der Waals surface area contributed by atoms with Crippen LogP contribution in [-0.4, -0.2) is 14.9 Å². The number of hydrogen-bond acceptors (Lipinski definition) is 3. The highest BCUT2D eigenvalue weighted by Gasteiger charge is 2.02. The zero-order valence-corrected chi connectivity index (χ0v) is 12.3. The van der Waals surface area contributed by atoms with Gasteiger partial charge in [-0.25, -0.2) is 4.68 Å². The van der Waals surface area contributed by atoms with E-state index in [9.17, 15) is 0 Å². The van der Waals surface area contributed by atoms with Gasteiger partial charge in [0.15, 0.2) is 0 Å². The second kappa shape index (κ2) is 6.61. The number of aromatic nitrogens is 2. The van der Waals surface area contributed by atoms with Gasteiger partial charge < -0.3 is 5.11 Å². The Labute approximate surface area is 128 Å². The van der Waals surface area contributed by atoms with E-state index < -0.39 is 0 Å². The molecule has 1 aromatic heterocycles. The summed E-state index contributed by atoms with van der Waals surface area (Å²) in [7, 11) is 0. The highest BCUT2D eigenvalue weighted by atomic mass is 32.2. The number of aliphatic hydroxyl groups excluding tert-OH is 1. The largest absolute Gasteiger partial charge is 0.392 e. The van der Waals surface area contributed by atoms with Crippen LogP contribution >= 0.6 is 11.8 Å². The summed E-state index contributed by atoms with van der Waals surface area (Å²) in [5.74, 6) is 0.832. The average molecular weight is 296 g/mol. The molecule has 0 fully saturated rings. The van der Waals surface area contributed by atoms with Gasteiger partial charge in [0.25, 0.3) is 0 Å². The van der Waals surface area contributed by atoms with Crippen molar-refractivity contribution in [2.24, 2.45) is 0 Å². The first-order valence-corrected chi connectivity index (χ1v) is 7.76. The predicted octanol–water partition coefficient (Wildman–Crippen LogP) is 3.66. The number of benzene rings is 2. The molecule has 0 radical (unpaired) electrons. The lowest BCUT2D eigenvalue weighted by Gasteiger charge is -2.02. The molecule has 21 heavy (non-hydrogen) atoms. The van der Waals surface area contributed by atoms with Gasteiger partial charge in [0.2, 0.25) is 0 Å². The van der Waals surface area contributed by atoms with Crippen LogP contribution < -0.4 is 0 Å². The van der Waals surface area contributed by atoms with E-state index in [0.29, 0.717) is 0 Å². The van der Waals surface area contributed by atoms with E-state index in [1.165, 1.54) is 4.90 Å². The van der Waals surface area contributed by atoms with E-state index in [1.807, 2.05) is 71.5 Å². The van der Waals surface area contributed by atoms with Crippen LogP contribution in [0.3, 0.4) is 0 Å². The highest BCUT2D eigenvalue weighted by molar-refractivity contribution is 7.98. The minimum atomic E-state index is 0.0897. The van der Waals surface area contributed by atoms with E-state index >= 15 is 0 Å². The molecule has 1 N–H and O–H groups in total. The number of para-hydroxylation sites is 1. The molecule has 0 bridgehead atoms. The van der Waals surface area contributed by atoms with Crippen molar-refractivity contribution in [3.63, 3.8) is 0 Å². The molecule has 3 aromatic rings. The SMILES string of the molecule is OCc1ccc(SCc2ccn(-c3ccccc3)n2)cc1. The molecule has 1 heterocycles. The van der Waals surface area contributed by atoms with E-state index in [-0.39, 0.29) is 6.61 Å². The molecule has 0 spiro atoms. The van der Waals surface area contributed by atoms with E-state index in [4.69, 9.17) is 5.11 Å². The first kappa shape index (κ1) is 13.9. The molecule has 2 aromatic carbocycles. The molecule has 0 atom stereocenters. The summed E-state index contributed by atoms with van der Waals surface area (Å²) in [6.07, 6.45) is 1.99. The molecule has 0 aliphatic rings. The lowest BCUT2D eigenvalue weighted by molar-refractivity contribution is 0.282. The molecule has 0 amide bonds. The molecule has 4 heteroatoms. The molecule has 0 saturated carbocycles. The Morgan fingerprint density at radius 3 is 2.43 bits per heavy atom.